The van der Waals surface area contributed by atoms with Crippen molar-refractivity contribution in [1.29, 1.82) is 0 Å². The Morgan fingerprint density at radius 1 is 1.18 bits per heavy atom. The second kappa shape index (κ2) is 8.86. The molecule has 28 heavy (non-hydrogen) atoms. The van der Waals surface area contributed by atoms with Gasteiger partial charge in [0.2, 0.25) is 0 Å². The van der Waals surface area contributed by atoms with E-state index in [0.717, 1.165) is 0 Å². The third-order valence-electron chi connectivity index (χ3n) is 4.45. The summed E-state index contributed by atoms with van der Waals surface area (Å²) in [6.07, 6.45) is 0.284. The van der Waals surface area contributed by atoms with E-state index < -0.39 is 5.82 Å². The zero-order chi connectivity index (χ0) is 20.1. The van der Waals surface area contributed by atoms with E-state index in [1.54, 1.807) is 28.0 Å². The summed E-state index contributed by atoms with van der Waals surface area (Å²) in [5, 5.41) is 3.80. The Morgan fingerprint density at radius 2 is 1.89 bits per heavy atom. The molecular formula is C20H24FN3O4. The number of nitrogens with zero attached hydrogens (tertiary/aromatic N) is 3. The van der Waals surface area contributed by atoms with Gasteiger partial charge in [-0.15, -0.1) is 0 Å². The van der Waals surface area contributed by atoms with Gasteiger partial charge >= 0.3 is 6.09 Å². The van der Waals surface area contributed by atoms with E-state index in [0.29, 0.717) is 39.2 Å². The Hall–Kier alpha value is -2.90. The Kier molecular flexibility index (Phi) is 6.28. The minimum Gasteiger partial charge on any atom is -0.449 e. The number of carbonyl (C=O) groups is 2. The van der Waals surface area contributed by atoms with E-state index >= 15 is 0 Å². The van der Waals surface area contributed by atoms with Crippen LogP contribution >= 0.6 is 0 Å². The third-order valence-corrected chi connectivity index (χ3v) is 4.45. The van der Waals surface area contributed by atoms with Crippen LogP contribution in [0.5, 0.6) is 0 Å². The highest BCUT2D eigenvalue weighted by atomic mass is 19.1. The van der Waals surface area contributed by atoms with E-state index in [1.165, 1.54) is 12.1 Å². The molecule has 0 radical (unpaired) electrons. The van der Waals surface area contributed by atoms with Crippen molar-refractivity contribution in [3.05, 3.63) is 41.8 Å². The van der Waals surface area contributed by atoms with Crippen LogP contribution < -0.4 is 0 Å². The fourth-order valence-electron chi connectivity index (χ4n) is 2.96. The molecule has 0 bridgehead atoms. The first-order valence-electron chi connectivity index (χ1n) is 9.38. The molecule has 1 aliphatic heterocycles. The van der Waals surface area contributed by atoms with Gasteiger partial charge < -0.3 is 19.1 Å². The first-order chi connectivity index (χ1) is 13.5. The molecule has 3 rings (SSSR count). The highest BCUT2D eigenvalue weighted by molar-refractivity contribution is 5.93. The Labute approximate surface area is 163 Å². The van der Waals surface area contributed by atoms with Crippen LogP contribution in [0.3, 0.4) is 0 Å². The fourth-order valence-corrected chi connectivity index (χ4v) is 2.96. The summed E-state index contributed by atoms with van der Waals surface area (Å²) >= 11 is 0. The topological polar surface area (TPSA) is 75.9 Å². The number of ether oxygens (including phenoxy) is 1. The molecule has 0 spiro atoms. The van der Waals surface area contributed by atoms with E-state index in [9.17, 15) is 14.0 Å². The summed E-state index contributed by atoms with van der Waals surface area (Å²) in [5.74, 6) is -0.272. The number of amides is 2. The summed E-state index contributed by atoms with van der Waals surface area (Å²) in [6, 6.07) is 7.60. The summed E-state index contributed by atoms with van der Waals surface area (Å²) < 4.78 is 24.3. The molecule has 0 N–H and O–H groups in total. The predicted octanol–water partition coefficient (Wildman–Crippen LogP) is 3.42. The van der Waals surface area contributed by atoms with Crippen molar-refractivity contribution >= 4 is 12.0 Å². The van der Waals surface area contributed by atoms with E-state index in [-0.39, 0.29) is 34.9 Å². The molecule has 150 valence electrons. The standard InChI is InChI=1S/C20H24FN3O4/c1-14(2)13-27-20(26)24-9-5-8-23(10-11-24)19(25)17-12-18(28-22-17)15-6-3-4-7-16(15)21/h3-4,6-7,12,14H,5,8-11,13H2,1-2H3. The van der Waals surface area contributed by atoms with Crippen LogP contribution in [0.4, 0.5) is 9.18 Å². The van der Waals surface area contributed by atoms with Crippen LogP contribution in [0.25, 0.3) is 11.3 Å². The van der Waals surface area contributed by atoms with Crippen LogP contribution in [-0.2, 0) is 4.74 Å². The highest BCUT2D eigenvalue weighted by Gasteiger charge is 2.26. The molecule has 0 aliphatic carbocycles. The molecule has 7 nitrogen and oxygen atoms in total. The smallest absolute Gasteiger partial charge is 0.409 e. The van der Waals surface area contributed by atoms with Crippen molar-refractivity contribution in [2.75, 3.05) is 32.8 Å². The predicted molar refractivity (Wildman–Crippen MR) is 100 cm³/mol. The first kappa shape index (κ1) is 19.9. The van der Waals surface area contributed by atoms with Gasteiger partial charge in [-0.05, 0) is 24.5 Å². The monoisotopic (exact) mass is 389 g/mol. The summed E-state index contributed by atoms with van der Waals surface area (Å²) in [5.41, 5.74) is 0.373. The van der Waals surface area contributed by atoms with Gasteiger partial charge in [0.15, 0.2) is 11.5 Å². The first-order valence-corrected chi connectivity index (χ1v) is 9.38. The van der Waals surface area contributed by atoms with Gasteiger partial charge in [-0.25, -0.2) is 9.18 Å². The lowest BCUT2D eigenvalue weighted by molar-refractivity contribution is 0.0737. The van der Waals surface area contributed by atoms with Gasteiger partial charge in [0, 0.05) is 32.2 Å². The maximum absolute atomic E-state index is 13.9. The zero-order valence-corrected chi connectivity index (χ0v) is 16.1. The summed E-state index contributed by atoms with van der Waals surface area (Å²) in [7, 11) is 0. The van der Waals surface area contributed by atoms with Crippen molar-refractivity contribution in [3.8, 4) is 11.3 Å². The zero-order valence-electron chi connectivity index (χ0n) is 16.1. The molecule has 1 aliphatic rings. The second-order valence-electron chi connectivity index (χ2n) is 7.16. The second-order valence-corrected chi connectivity index (χ2v) is 7.16. The average Bonchev–Trinajstić information content (AvgIpc) is 3.03. The van der Waals surface area contributed by atoms with Gasteiger partial charge in [0.1, 0.15) is 5.82 Å². The lowest BCUT2D eigenvalue weighted by atomic mass is 10.1. The van der Waals surface area contributed by atoms with Gasteiger partial charge in [-0.3, -0.25) is 4.79 Å². The van der Waals surface area contributed by atoms with Crippen LogP contribution in [0.15, 0.2) is 34.9 Å². The molecule has 1 fully saturated rings. The number of benzene rings is 1. The molecule has 2 aromatic rings. The quantitative estimate of drug-likeness (QED) is 0.801. The molecular weight excluding hydrogens is 365 g/mol. The lowest BCUT2D eigenvalue weighted by Crippen LogP contribution is -2.38. The normalized spacial score (nSPS) is 14.9. The van der Waals surface area contributed by atoms with Crippen molar-refractivity contribution < 1.29 is 23.2 Å². The highest BCUT2D eigenvalue weighted by Crippen LogP contribution is 2.24. The summed E-state index contributed by atoms with van der Waals surface area (Å²) in [4.78, 5) is 28.1. The van der Waals surface area contributed by atoms with Crippen molar-refractivity contribution in [2.45, 2.75) is 20.3 Å². The van der Waals surface area contributed by atoms with Crippen molar-refractivity contribution in [3.63, 3.8) is 0 Å². The van der Waals surface area contributed by atoms with Gasteiger partial charge in [-0.1, -0.05) is 31.1 Å². The number of hydrogen-bond acceptors (Lipinski definition) is 5. The largest absolute Gasteiger partial charge is 0.449 e. The summed E-state index contributed by atoms with van der Waals surface area (Å²) in [6.45, 7) is 6.11. The maximum atomic E-state index is 13.9. The Bertz CT molecular complexity index is 836. The molecule has 1 aromatic carbocycles. The molecule has 0 atom stereocenters. The van der Waals surface area contributed by atoms with Crippen molar-refractivity contribution in [1.82, 2.24) is 15.0 Å². The molecule has 1 aromatic heterocycles. The fraction of sp³-hybridized carbons (Fsp3) is 0.450. The van der Waals surface area contributed by atoms with E-state index in [2.05, 4.69) is 5.16 Å². The maximum Gasteiger partial charge on any atom is 0.409 e. The lowest BCUT2D eigenvalue weighted by Gasteiger charge is -2.21. The number of aromatic nitrogens is 1. The van der Waals surface area contributed by atoms with Crippen LogP contribution in [0.1, 0.15) is 30.8 Å². The Balaban J connectivity index is 1.62. The SMILES string of the molecule is CC(C)COC(=O)N1CCCN(C(=O)c2cc(-c3ccccc3F)on2)CC1. The Morgan fingerprint density at radius 3 is 2.64 bits per heavy atom. The minimum atomic E-state index is -0.442. The van der Waals surface area contributed by atoms with Crippen LogP contribution in [0, 0.1) is 11.7 Å². The number of hydrogen-bond donors (Lipinski definition) is 0. The molecule has 8 heteroatoms. The van der Waals surface area contributed by atoms with E-state index in [4.69, 9.17) is 9.26 Å². The molecule has 0 saturated carbocycles. The molecule has 0 unspecified atom stereocenters. The van der Waals surface area contributed by atoms with Gasteiger partial charge in [-0.2, -0.15) is 0 Å². The molecule has 1 saturated heterocycles. The average molecular weight is 389 g/mol. The molecule has 2 amide bonds. The third kappa shape index (κ3) is 4.68. The van der Waals surface area contributed by atoms with Crippen molar-refractivity contribution in [2.24, 2.45) is 5.92 Å². The number of carbonyl (C=O) groups excluding carboxylic acids is 2. The number of rotatable bonds is 4. The van der Waals surface area contributed by atoms with E-state index in [1.807, 2.05) is 13.8 Å². The number of halogens is 1. The van der Waals surface area contributed by atoms with Crippen LogP contribution in [0.2, 0.25) is 0 Å². The van der Waals surface area contributed by atoms with Gasteiger partial charge in [0.25, 0.3) is 5.91 Å². The molecule has 2 heterocycles. The van der Waals surface area contributed by atoms with Gasteiger partial charge in [0.05, 0.1) is 12.2 Å². The van der Waals surface area contributed by atoms with Crippen LogP contribution in [-0.4, -0.2) is 59.7 Å². The minimum absolute atomic E-state index is 0.120.